The minimum atomic E-state index is -0.667. The summed E-state index contributed by atoms with van der Waals surface area (Å²) in [7, 11) is 0. The number of nitrogens with one attached hydrogen (secondary N) is 1. The largest absolute Gasteiger partial charge is 0.507 e. The van der Waals surface area contributed by atoms with E-state index in [2.05, 4.69) is 13.8 Å². The van der Waals surface area contributed by atoms with Gasteiger partial charge in [0.05, 0.1) is 37.8 Å². The number of hydrogen-bond acceptors (Lipinski definition) is 3. The lowest BCUT2D eigenvalue weighted by Crippen LogP contribution is -3.12. The minimum Gasteiger partial charge on any atom is -0.507 e. The molecule has 6 heteroatoms. The summed E-state index contributed by atoms with van der Waals surface area (Å²) in [5.41, 5.74) is 2.38. The molecule has 1 aliphatic heterocycles. The second-order valence-corrected chi connectivity index (χ2v) is 8.06. The lowest BCUT2D eigenvalue weighted by atomic mass is 9.95. The van der Waals surface area contributed by atoms with Gasteiger partial charge in [-0.1, -0.05) is 53.6 Å². The summed E-state index contributed by atoms with van der Waals surface area (Å²) in [5, 5.41) is 11.5. The molecule has 1 aliphatic rings. The van der Waals surface area contributed by atoms with E-state index in [1.807, 2.05) is 25.1 Å². The van der Waals surface area contributed by atoms with Gasteiger partial charge >= 0.3 is 0 Å². The third-order valence-corrected chi connectivity index (χ3v) is 5.97. The van der Waals surface area contributed by atoms with Gasteiger partial charge in [0.2, 0.25) is 0 Å². The number of aliphatic hydroxyl groups is 1. The van der Waals surface area contributed by atoms with Gasteiger partial charge < -0.3 is 14.9 Å². The van der Waals surface area contributed by atoms with E-state index in [1.165, 1.54) is 4.90 Å². The predicted molar refractivity (Wildman–Crippen MR) is 119 cm³/mol. The number of quaternary nitrogens is 1. The molecule has 0 aliphatic carbocycles. The average molecular weight is 428 g/mol. The lowest BCUT2D eigenvalue weighted by molar-refractivity contribution is -0.895. The smallest absolute Gasteiger partial charge is 0.295 e. The molecule has 2 N–H and O–H groups in total. The number of aliphatic hydroxyl groups excluding tert-OH is 1. The molecule has 0 radical (unpaired) electrons. The van der Waals surface area contributed by atoms with Gasteiger partial charge in [0, 0.05) is 10.6 Å². The maximum absolute atomic E-state index is 13.0. The number of benzene rings is 2. The van der Waals surface area contributed by atoms with Crippen molar-refractivity contribution < 1.29 is 19.6 Å². The number of aryl methyl sites for hydroxylation is 1. The second-order valence-electron chi connectivity index (χ2n) is 7.62. The first kappa shape index (κ1) is 22.1. The van der Waals surface area contributed by atoms with Crippen molar-refractivity contribution in [1.82, 2.24) is 4.90 Å². The van der Waals surface area contributed by atoms with Gasteiger partial charge in [0.1, 0.15) is 5.76 Å². The van der Waals surface area contributed by atoms with E-state index in [0.29, 0.717) is 22.7 Å². The van der Waals surface area contributed by atoms with Gasteiger partial charge in [-0.25, -0.2) is 0 Å². The molecule has 2 aromatic rings. The number of hydrogen-bond donors (Lipinski definition) is 2. The first-order chi connectivity index (χ1) is 14.4. The Hall–Kier alpha value is -2.63. The highest BCUT2D eigenvalue weighted by Crippen LogP contribution is 2.39. The number of rotatable bonds is 7. The first-order valence-electron chi connectivity index (χ1n) is 10.3. The molecular formula is C24H28ClN2O3+. The zero-order valence-corrected chi connectivity index (χ0v) is 18.4. The van der Waals surface area contributed by atoms with E-state index in [-0.39, 0.29) is 11.3 Å². The number of ketones is 1. The van der Waals surface area contributed by atoms with Gasteiger partial charge in [0.15, 0.2) is 0 Å². The summed E-state index contributed by atoms with van der Waals surface area (Å²) in [6, 6.07) is 13.7. The van der Waals surface area contributed by atoms with Crippen LogP contribution in [0.4, 0.5) is 0 Å². The average Bonchev–Trinajstić information content (AvgIpc) is 2.99. The topological polar surface area (TPSA) is 62.0 Å². The Morgan fingerprint density at radius 3 is 2.37 bits per heavy atom. The Labute approximate surface area is 182 Å². The highest BCUT2D eigenvalue weighted by Gasteiger charge is 2.46. The SMILES string of the molecule is CC[NH+](CC)CCN1C(=O)C(=O)C(=C(O)c2ccc(C)cc2)[C@@H]1c1cccc(Cl)c1. The molecule has 0 bridgehead atoms. The van der Waals surface area contributed by atoms with Crippen molar-refractivity contribution in [2.75, 3.05) is 26.2 Å². The molecule has 1 atom stereocenters. The molecule has 5 nitrogen and oxygen atoms in total. The third kappa shape index (κ3) is 4.42. The maximum Gasteiger partial charge on any atom is 0.295 e. The zero-order valence-electron chi connectivity index (χ0n) is 17.6. The van der Waals surface area contributed by atoms with E-state index in [1.54, 1.807) is 35.2 Å². The number of carbonyl (C=O) groups excluding carboxylic acids is 2. The van der Waals surface area contributed by atoms with Crippen LogP contribution in [0.2, 0.25) is 5.02 Å². The Morgan fingerprint density at radius 2 is 1.77 bits per heavy atom. The van der Waals surface area contributed by atoms with Crippen LogP contribution in [0.1, 0.15) is 36.6 Å². The van der Waals surface area contributed by atoms with Crippen molar-refractivity contribution in [3.63, 3.8) is 0 Å². The van der Waals surface area contributed by atoms with Crippen LogP contribution >= 0.6 is 11.6 Å². The maximum atomic E-state index is 13.0. The molecule has 0 saturated carbocycles. The van der Waals surface area contributed by atoms with Crippen LogP contribution in [0.15, 0.2) is 54.1 Å². The summed E-state index contributed by atoms with van der Waals surface area (Å²) in [5.74, 6) is -1.40. The van der Waals surface area contributed by atoms with Gasteiger partial charge in [-0.3, -0.25) is 9.59 Å². The number of likely N-dealkylation sites (tertiary alicyclic amines) is 1. The van der Waals surface area contributed by atoms with Crippen LogP contribution in [0.25, 0.3) is 5.76 Å². The quantitative estimate of drug-likeness (QED) is 0.405. The van der Waals surface area contributed by atoms with Crippen LogP contribution in [0.5, 0.6) is 0 Å². The Balaban J connectivity index is 2.09. The number of nitrogens with zero attached hydrogens (tertiary/aromatic N) is 1. The molecule has 0 unspecified atom stereocenters. The zero-order chi connectivity index (χ0) is 21.8. The van der Waals surface area contributed by atoms with Crippen molar-refractivity contribution in [2.24, 2.45) is 0 Å². The summed E-state index contributed by atoms with van der Waals surface area (Å²) < 4.78 is 0. The normalized spacial score (nSPS) is 18.4. The lowest BCUT2D eigenvalue weighted by Gasteiger charge is -2.27. The van der Waals surface area contributed by atoms with Crippen LogP contribution in [0, 0.1) is 6.92 Å². The highest BCUT2D eigenvalue weighted by molar-refractivity contribution is 6.46. The van der Waals surface area contributed by atoms with Crippen LogP contribution in [0.3, 0.4) is 0 Å². The highest BCUT2D eigenvalue weighted by atomic mass is 35.5. The van der Waals surface area contributed by atoms with Gasteiger partial charge in [-0.05, 0) is 38.5 Å². The second kappa shape index (κ2) is 9.45. The van der Waals surface area contributed by atoms with E-state index >= 15 is 0 Å². The molecule has 0 aromatic heterocycles. The van der Waals surface area contributed by atoms with Crippen molar-refractivity contribution in [3.8, 4) is 0 Å². The number of Topliss-reactive ketones (excluding diaryl/α,β-unsaturated/α-hetero) is 1. The van der Waals surface area contributed by atoms with Gasteiger partial charge in [-0.15, -0.1) is 0 Å². The van der Waals surface area contributed by atoms with E-state index in [9.17, 15) is 14.7 Å². The molecular weight excluding hydrogens is 400 g/mol. The number of carbonyl (C=O) groups is 2. The summed E-state index contributed by atoms with van der Waals surface area (Å²) in [6.45, 7) is 9.16. The molecule has 1 saturated heterocycles. The number of amides is 1. The predicted octanol–water partition coefficient (Wildman–Crippen LogP) is 2.99. The third-order valence-electron chi connectivity index (χ3n) is 5.74. The first-order valence-corrected chi connectivity index (χ1v) is 10.7. The standard InChI is InChI=1S/C24H27ClN2O3/c1-4-26(5-2)13-14-27-21(18-7-6-8-19(25)15-18)20(23(29)24(27)30)22(28)17-11-9-16(3)10-12-17/h6-12,15,21,28H,4-5,13-14H2,1-3H3/p+1/t21-/m0/s1. The molecule has 3 rings (SSSR count). The van der Waals surface area contributed by atoms with Gasteiger partial charge in [0.25, 0.3) is 11.7 Å². The molecule has 30 heavy (non-hydrogen) atoms. The van der Waals surface area contributed by atoms with Crippen molar-refractivity contribution in [2.45, 2.75) is 26.8 Å². The fourth-order valence-corrected chi connectivity index (χ4v) is 4.08. The Morgan fingerprint density at radius 1 is 1.10 bits per heavy atom. The molecule has 158 valence electrons. The van der Waals surface area contributed by atoms with Crippen molar-refractivity contribution >= 4 is 29.1 Å². The Bertz CT molecular complexity index is 965. The van der Waals surface area contributed by atoms with Crippen LogP contribution < -0.4 is 4.90 Å². The fraction of sp³-hybridized carbons (Fsp3) is 0.333. The summed E-state index contributed by atoms with van der Waals surface area (Å²) in [4.78, 5) is 28.9. The number of likely N-dealkylation sites (N-methyl/N-ethyl adjacent to an activating group) is 1. The summed E-state index contributed by atoms with van der Waals surface area (Å²) in [6.07, 6.45) is 0. The van der Waals surface area contributed by atoms with Crippen LogP contribution in [-0.2, 0) is 9.59 Å². The minimum absolute atomic E-state index is 0.112. The van der Waals surface area contributed by atoms with Crippen molar-refractivity contribution in [3.05, 3.63) is 75.8 Å². The Kier molecular flexibility index (Phi) is 6.95. The molecule has 1 amide bonds. The number of halogens is 1. The molecule has 1 fully saturated rings. The monoisotopic (exact) mass is 427 g/mol. The van der Waals surface area contributed by atoms with E-state index in [4.69, 9.17) is 11.6 Å². The fourth-order valence-electron chi connectivity index (χ4n) is 3.88. The summed E-state index contributed by atoms with van der Waals surface area (Å²) >= 11 is 6.21. The molecule has 0 spiro atoms. The molecule has 1 heterocycles. The van der Waals surface area contributed by atoms with Crippen molar-refractivity contribution in [1.29, 1.82) is 0 Å². The van der Waals surface area contributed by atoms with Gasteiger partial charge in [-0.2, -0.15) is 0 Å². The van der Waals surface area contributed by atoms with Crippen LogP contribution in [-0.4, -0.2) is 47.9 Å². The van der Waals surface area contributed by atoms with E-state index in [0.717, 1.165) is 25.2 Å². The molecule has 2 aromatic carbocycles. The van der Waals surface area contributed by atoms with E-state index < -0.39 is 17.7 Å².